The van der Waals surface area contributed by atoms with Gasteiger partial charge in [-0.15, -0.1) is 0 Å². The van der Waals surface area contributed by atoms with Crippen LogP contribution < -0.4 is 10.9 Å². The van der Waals surface area contributed by atoms with Crippen molar-refractivity contribution in [3.05, 3.63) is 76.2 Å². The fourth-order valence-corrected chi connectivity index (χ4v) is 5.40. The predicted molar refractivity (Wildman–Crippen MR) is 143 cm³/mol. The van der Waals surface area contributed by atoms with Gasteiger partial charge in [0, 0.05) is 17.9 Å². The largest absolute Gasteiger partial charge is 0.462 e. The minimum atomic E-state index is -0.380. The molecule has 0 saturated heterocycles. The quantitative estimate of drug-likeness (QED) is 0.208. The summed E-state index contributed by atoms with van der Waals surface area (Å²) in [5.41, 5.74) is 3.21. The lowest BCUT2D eigenvalue weighted by Gasteiger charge is -2.14. The van der Waals surface area contributed by atoms with Crippen LogP contribution in [0.15, 0.2) is 64.7 Å². The van der Waals surface area contributed by atoms with Crippen molar-refractivity contribution in [3.63, 3.8) is 0 Å². The van der Waals surface area contributed by atoms with Crippen LogP contribution in [0.2, 0.25) is 0 Å². The summed E-state index contributed by atoms with van der Waals surface area (Å²) in [6, 6.07) is 14.1. The highest BCUT2D eigenvalue weighted by Crippen LogP contribution is 2.33. The van der Waals surface area contributed by atoms with Crippen LogP contribution in [0, 0.1) is 6.92 Å². The number of esters is 1. The monoisotopic (exact) mass is 517 g/mol. The number of para-hydroxylation sites is 1. The molecule has 0 spiro atoms. The van der Waals surface area contributed by atoms with Crippen LogP contribution in [0.5, 0.6) is 0 Å². The van der Waals surface area contributed by atoms with Gasteiger partial charge in [0.25, 0.3) is 5.56 Å². The zero-order valence-corrected chi connectivity index (χ0v) is 21.5. The van der Waals surface area contributed by atoms with Crippen molar-refractivity contribution < 1.29 is 14.3 Å². The molecule has 1 aliphatic heterocycles. The molecule has 3 heterocycles. The molecule has 1 amide bonds. The summed E-state index contributed by atoms with van der Waals surface area (Å²) >= 11 is 1.46. The molecule has 0 radical (unpaired) electrons. The number of benzene rings is 2. The normalized spacial score (nSPS) is 14.5. The fourth-order valence-electron chi connectivity index (χ4n) is 4.27. The number of hydrogen-bond acceptors (Lipinski definition) is 7. The van der Waals surface area contributed by atoms with E-state index in [-0.39, 0.29) is 29.9 Å². The number of nitrogens with zero attached hydrogens (tertiary/aromatic N) is 4. The Labute approximate surface area is 217 Å². The molecule has 2 aromatic heterocycles. The summed E-state index contributed by atoms with van der Waals surface area (Å²) < 4.78 is 8.51. The molecule has 1 atom stereocenters. The average Bonchev–Trinajstić information content (AvgIpc) is 3.50. The first-order chi connectivity index (χ1) is 18.0. The molecule has 5 rings (SSSR count). The number of nitrogens with one attached hydrogen (secondary N) is 1. The third kappa shape index (κ3) is 5.01. The third-order valence-electron chi connectivity index (χ3n) is 6.27. The second kappa shape index (κ2) is 10.6. The summed E-state index contributed by atoms with van der Waals surface area (Å²) in [5, 5.41) is 8.28. The van der Waals surface area contributed by atoms with Gasteiger partial charge in [0.05, 0.1) is 30.1 Å². The van der Waals surface area contributed by atoms with Crippen molar-refractivity contribution in [2.45, 2.75) is 44.3 Å². The van der Waals surface area contributed by atoms with Crippen molar-refractivity contribution in [3.8, 4) is 5.69 Å². The van der Waals surface area contributed by atoms with Gasteiger partial charge >= 0.3 is 5.97 Å². The molecular formula is C27H27N5O4S. The van der Waals surface area contributed by atoms with Crippen LogP contribution in [0.3, 0.4) is 0 Å². The van der Waals surface area contributed by atoms with Gasteiger partial charge in [0.1, 0.15) is 5.39 Å². The molecule has 0 fully saturated rings. The summed E-state index contributed by atoms with van der Waals surface area (Å²) in [4.78, 5) is 43.0. The maximum Gasteiger partial charge on any atom is 0.338 e. The first-order valence-corrected chi connectivity index (χ1v) is 13.2. The van der Waals surface area contributed by atoms with E-state index in [0.717, 1.165) is 24.1 Å². The Balaban J connectivity index is 1.30. The van der Waals surface area contributed by atoms with E-state index in [0.29, 0.717) is 39.8 Å². The average molecular weight is 518 g/mol. The summed E-state index contributed by atoms with van der Waals surface area (Å²) in [5.74, 6) is -0.0306. The molecule has 1 unspecified atom stereocenters. The minimum Gasteiger partial charge on any atom is -0.462 e. The van der Waals surface area contributed by atoms with E-state index < -0.39 is 0 Å². The van der Waals surface area contributed by atoms with Crippen LogP contribution >= 0.6 is 11.8 Å². The Morgan fingerprint density at radius 1 is 1.16 bits per heavy atom. The zero-order chi connectivity index (χ0) is 25.9. The van der Waals surface area contributed by atoms with E-state index in [2.05, 4.69) is 10.4 Å². The summed E-state index contributed by atoms with van der Waals surface area (Å²) in [6.45, 7) is 4.41. The highest BCUT2D eigenvalue weighted by molar-refractivity contribution is 7.99. The fraction of sp³-hybridized carbons (Fsp3) is 0.296. The van der Waals surface area contributed by atoms with Crippen molar-refractivity contribution in [1.29, 1.82) is 0 Å². The number of ether oxygens (including phenoxy) is 1. The molecule has 37 heavy (non-hydrogen) atoms. The summed E-state index contributed by atoms with van der Waals surface area (Å²) in [7, 11) is 0. The molecule has 1 N–H and O–H groups in total. The maximum absolute atomic E-state index is 13.4. The Morgan fingerprint density at radius 2 is 1.95 bits per heavy atom. The van der Waals surface area contributed by atoms with E-state index in [1.54, 1.807) is 39.7 Å². The Bertz CT molecular complexity index is 1530. The lowest BCUT2D eigenvalue weighted by molar-refractivity contribution is -0.116. The molecule has 9 nitrogen and oxygen atoms in total. The molecular weight excluding hydrogens is 490 g/mol. The van der Waals surface area contributed by atoms with Crippen molar-refractivity contribution in [2.75, 3.05) is 17.7 Å². The van der Waals surface area contributed by atoms with Gasteiger partial charge in [-0.1, -0.05) is 43.3 Å². The van der Waals surface area contributed by atoms with Gasteiger partial charge in [-0.05, 0) is 49.2 Å². The number of carbonyl (C=O) groups is 2. The van der Waals surface area contributed by atoms with Gasteiger partial charge in [0.15, 0.2) is 10.8 Å². The molecule has 190 valence electrons. The van der Waals surface area contributed by atoms with Crippen LogP contribution in [-0.4, -0.2) is 43.6 Å². The highest BCUT2D eigenvalue weighted by Gasteiger charge is 2.29. The van der Waals surface area contributed by atoms with Crippen molar-refractivity contribution in [2.24, 2.45) is 0 Å². The number of aryl methyl sites for hydroxylation is 1. The smallest absolute Gasteiger partial charge is 0.338 e. The topological polar surface area (TPSA) is 108 Å². The standard InChI is InChI=1S/C27H27N5O4S/c1-3-4-13-36-26(35)18-9-11-19(12-10-18)29-23(33)14-20-16-37-27-30-24-21(25(34)31(20)27)15-28-32(24)22-8-6-5-7-17(22)2/h5-12,15,20H,3-4,13-14,16H2,1-2H3,(H,29,33). The number of unbranched alkanes of at least 4 members (excludes halogenated alkanes) is 1. The molecule has 0 bridgehead atoms. The van der Waals surface area contributed by atoms with E-state index in [9.17, 15) is 14.4 Å². The van der Waals surface area contributed by atoms with Crippen LogP contribution in [0.4, 0.5) is 5.69 Å². The lowest BCUT2D eigenvalue weighted by Crippen LogP contribution is -2.27. The van der Waals surface area contributed by atoms with Gasteiger partial charge in [-0.3, -0.25) is 14.2 Å². The number of amides is 1. The van der Waals surface area contributed by atoms with E-state index in [4.69, 9.17) is 9.72 Å². The minimum absolute atomic E-state index is 0.125. The Kier molecular flexibility index (Phi) is 7.09. The molecule has 0 saturated carbocycles. The number of thioether (sulfide) groups is 1. The number of hydrogen-bond donors (Lipinski definition) is 1. The molecule has 2 aromatic carbocycles. The van der Waals surface area contributed by atoms with Crippen LogP contribution in [0.25, 0.3) is 16.7 Å². The van der Waals surface area contributed by atoms with E-state index in [1.807, 2.05) is 38.1 Å². The van der Waals surface area contributed by atoms with Gasteiger partial charge in [-0.2, -0.15) is 5.10 Å². The first kappa shape index (κ1) is 24.8. The van der Waals surface area contributed by atoms with Crippen molar-refractivity contribution in [1.82, 2.24) is 19.3 Å². The second-order valence-electron chi connectivity index (χ2n) is 8.93. The molecule has 0 aliphatic carbocycles. The number of aromatic nitrogens is 4. The highest BCUT2D eigenvalue weighted by atomic mass is 32.2. The SMILES string of the molecule is CCCCOC(=O)c1ccc(NC(=O)CC2CSc3nc4c(cnn4-c4ccccc4C)c(=O)n32)cc1. The maximum atomic E-state index is 13.4. The Morgan fingerprint density at radius 3 is 2.70 bits per heavy atom. The van der Waals surface area contributed by atoms with Gasteiger partial charge in [0.2, 0.25) is 5.91 Å². The van der Waals surface area contributed by atoms with Gasteiger partial charge in [-0.25, -0.2) is 14.5 Å². The Hall–Kier alpha value is -3.92. The number of anilines is 1. The summed E-state index contributed by atoms with van der Waals surface area (Å²) in [6.07, 6.45) is 3.44. The molecule has 10 heteroatoms. The third-order valence-corrected chi connectivity index (χ3v) is 7.37. The zero-order valence-electron chi connectivity index (χ0n) is 20.6. The number of fused-ring (bicyclic) bond motifs is 2. The van der Waals surface area contributed by atoms with Crippen LogP contribution in [0.1, 0.15) is 48.1 Å². The van der Waals surface area contributed by atoms with Crippen molar-refractivity contribution >= 4 is 40.4 Å². The molecule has 1 aliphatic rings. The first-order valence-electron chi connectivity index (χ1n) is 12.2. The number of carbonyl (C=O) groups excluding carboxylic acids is 2. The van der Waals surface area contributed by atoms with Crippen LogP contribution in [-0.2, 0) is 9.53 Å². The predicted octanol–water partition coefficient (Wildman–Crippen LogP) is 4.52. The second-order valence-corrected chi connectivity index (χ2v) is 9.92. The lowest BCUT2D eigenvalue weighted by atomic mass is 10.2. The van der Waals surface area contributed by atoms with Gasteiger partial charge < -0.3 is 10.1 Å². The number of rotatable bonds is 8. The van der Waals surface area contributed by atoms with E-state index in [1.165, 1.54) is 11.8 Å². The van der Waals surface area contributed by atoms with E-state index >= 15 is 0 Å². The molecule has 4 aromatic rings.